The largest absolute Gasteiger partial charge is 0.352 e. The molecule has 1 aliphatic rings. The lowest BCUT2D eigenvalue weighted by molar-refractivity contribution is 0.0985. The smallest absolute Gasteiger partial charge is 0.259 e. The average Bonchev–Trinajstić information content (AvgIpc) is 3.49. The van der Waals surface area contributed by atoms with Crippen molar-refractivity contribution in [3.8, 4) is 0 Å². The Bertz CT molecular complexity index is 965. The summed E-state index contributed by atoms with van der Waals surface area (Å²) in [5.41, 5.74) is 0.686. The number of carbonyl (C=O) groups is 1. The first-order chi connectivity index (χ1) is 13.1. The van der Waals surface area contributed by atoms with E-state index in [1.165, 1.54) is 12.8 Å². The molecule has 0 atom stereocenters. The number of aromatic nitrogens is 2. The molecule has 27 heavy (non-hydrogen) atoms. The first kappa shape index (κ1) is 17.5. The first-order valence-corrected chi connectivity index (χ1v) is 9.50. The lowest BCUT2D eigenvalue weighted by atomic mass is 10.1. The second-order valence-corrected chi connectivity index (χ2v) is 7.46. The van der Waals surface area contributed by atoms with Crippen molar-refractivity contribution in [1.82, 2.24) is 9.97 Å². The third-order valence-electron chi connectivity index (χ3n) is 4.71. The molecule has 0 saturated heterocycles. The van der Waals surface area contributed by atoms with Crippen molar-refractivity contribution in [2.75, 3.05) is 16.8 Å². The van der Waals surface area contributed by atoms with Crippen molar-refractivity contribution in [2.24, 2.45) is 5.92 Å². The van der Waals surface area contributed by atoms with Gasteiger partial charge >= 0.3 is 0 Å². The van der Waals surface area contributed by atoms with E-state index in [9.17, 15) is 4.79 Å². The van der Waals surface area contributed by atoms with Gasteiger partial charge in [-0.3, -0.25) is 9.69 Å². The van der Waals surface area contributed by atoms with Crippen LogP contribution in [0, 0.1) is 5.92 Å². The second kappa shape index (κ2) is 7.35. The minimum atomic E-state index is -0.0122. The number of hydrogen-bond acceptors (Lipinski definition) is 4. The number of nitrogens with zero attached hydrogens (tertiary/aromatic N) is 3. The van der Waals surface area contributed by atoms with E-state index in [0.717, 1.165) is 10.8 Å². The fourth-order valence-corrected chi connectivity index (χ4v) is 3.14. The molecule has 5 nitrogen and oxygen atoms in total. The predicted molar refractivity (Wildman–Crippen MR) is 109 cm³/mol. The summed E-state index contributed by atoms with van der Waals surface area (Å²) < 4.78 is 0. The quantitative estimate of drug-likeness (QED) is 0.703. The van der Waals surface area contributed by atoms with Crippen molar-refractivity contribution in [1.29, 1.82) is 0 Å². The van der Waals surface area contributed by atoms with Gasteiger partial charge in [-0.15, -0.1) is 0 Å². The van der Waals surface area contributed by atoms with E-state index in [-0.39, 0.29) is 11.9 Å². The van der Waals surface area contributed by atoms with E-state index in [0.29, 0.717) is 29.8 Å². The third kappa shape index (κ3) is 4.08. The molecule has 5 heteroatoms. The van der Waals surface area contributed by atoms with Crippen molar-refractivity contribution in [3.63, 3.8) is 0 Å². The lowest BCUT2D eigenvalue weighted by Crippen LogP contribution is -2.34. The SMILES string of the molecule is CC(C)Nc1nccc(N(CC2CC2)C(=O)c2ccc3ccccc3c2)n1. The maximum absolute atomic E-state index is 13.3. The van der Waals surface area contributed by atoms with Crippen LogP contribution in [0.5, 0.6) is 0 Å². The van der Waals surface area contributed by atoms with E-state index in [4.69, 9.17) is 0 Å². The zero-order chi connectivity index (χ0) is 18.8. The molecule has 1 aromatic heterocycles. The summed E-state index contributed by atoms with van der Waals surface area (Å²) in [5, 5.41) is 5.41. The van der Waals surface area contributed by atoms with Gasteiger partial charge in [0.1, 0.15) is 5.82 Å². The molecule has 0 radical (unpaired) electrons. The van der Waals surface area contributed by atoms with Crippen molar-refractivity contribution in [2.45, 2.75) is 32.7 Å². The fraction of sp³-hybridized carbons (Fsp3) is 0.318. The van der Waals surface area contributed by atoms with Crippen LogP contribution in [0.3, 0.4) is 0 Å². The van der Waals surface area contributed by atoms with E-state index >= 15 is 0 Å². The molecule has 1 amide bonds. The van der Waals surface area contributed by atoms with Gasteiger partial charge in [0.25, 0.3) is 5.91 Å². The Balaban J connectivity index is 1.67. The molecule has 2 aromatic carbocycles. The Morgan fingerprint density at radius 2 is 1.93 bits per heavy atom. The Labute approximate surface area is 159 Å². The summed E-state index contributed by atoms with van der Waals surface area (Å²) in [7, 11) is 0. The van der Waals surface area contributed by atoms with Gasteiger partial charge in [0, 0.05) is 24.3 Å². The van der Waals surface area contributed by atoms with Crippen LogP contribution < -0.4 is 10.2 Å². The molecular formula is C22H24N4O. The highest BCUT2D eigenvalue weighted by atomic mass is 16.2. The molecule has 3 aromatic rings. The first-order valence-electron chi connectivity index (χ1n) is 9.50. The number of hydrogen-bond donors (Lipinski definition) is 1. The normalized spacial score (nSPS) is 13.7. The molecular weight excluding hydrogens is 336 g/mol. The molecule has 0 unspecified atom stereocenters. The Morgan fingerprint density at radius 3 is 2.67 bits per heavy atom. The summed E-state index contributed by atoms with van der Waals surface area (Å²) in [6.07, 6.45) is 4.05. The molecule has 1 saturated carbocycles. The summed E-state index contributed by atoms with van der Waals surface area (Å²) in [6.45, 7) is 4.78. The van der Waals surface area contributed by atoms with Crippen LogP contribution in [-0.2, 0) is 0 Å². The molecule has 1 aliphatic carbocycles. The van der Waals surface area contributed by atoms with E-state index in [1.807, 2.05) is 56.3 Å². The Hall–Kier alpha value is -2.95. The van der Waals surface area contributed by atoms with Crippen LogP contribution in [0.1, 0.15) is 37.0 Å². The molecule has 138 valence electrons. The lowest BCUT2D eigenvalue weighted by Gasteiger charge is -2.22. The summed E-state index contributed by atoms with van der Waals surface area (Å²) >= 11 is 0. The molecule has 0 bridgehead atoms. The van der Waals surface area contributed by atoms with Gasteiger partial charge < -0.3 is 5.32 Å². The van der Waals surface area contributed by atoms with E-state index < -0.39 is 0 Å². The van der Waals surface area contributed by atoms with Gasteiger partial charge in [0.15, 0.2) is 0 Å². The predicted octanol–water partition coefficient (Wildman–Crippen LogP) is 4.51. The second-order valence-electron chi connectivity index (χ2n) is 7.46. The van der Waals surface area contributed by atoms with Gasteiger partial charge in [-0.05, 0) is 61.6 Å². The topological polar surface area (TPSA) is 58.1 Å². The maximum atomic E-state index is 13.3. The van der Waals surface area contributed by atoms with E-state index in [2.05, 4.69) is 21.4 Å². The van der Waals surface area contributed by atoms with Gasteiger partial charge in [0.2, 0.25) is 5.95 Å². The highest BCUT2D eigenvalue weighted by molar-refractivity contribution is 6.07. The molecule has 0 aliphatic heterocycles. The highest BCUT2D eigenvalue weighted by Gasteiger charge is 2.29. The van der Waals surface area contributed by atoms with Gasteiger partial charge in [-0.2, -0.15) is 4.98 Å². The number of rotatable bonds is 6. The standard InChI is InChI=1S/C22H24N4O/c1-15(2)24-22-23-12-11-20(25-22)26(14-16-7-8-16)21(27)19-10-9-17-5-3-4-6-18(17)13-19/h3-6,9-13,15-16H,7-8,14H2,1-2H3,(H,23,24,25). The minimum Gasteiger partial charge on any atom is -0.352 e. The number of amides is 1. The minimum absolute atomic E-state index is 0.0122. The van der Waals surface area contributed by atoms with Crippen LogP contribution in [0.2, 0.25) is 0 Å². The van der Waals surface area contributed by atoms with Crippen LogP contribution in [0.25, 0.3) is 10.8 Å². The highest BCUT2D eigenvalue weighted by Crippen LogP contribution is 2.32. The molecule has 1 N–H and O–H groups in total. The molecule has 0 spiro atoms. The van der Waals surface area contributed by atoms with Crippen LogP contribution in [-0.4, -0.2) is 28.5 Å². The molecule has 1 fully saturated rings. The Kier molecular flexibility index (Phi) is 4.75. The third-order valence-corrected chi connectivity index (χ3v) is 4.71. The summed E-state index contributed by atoms with van der Waals surface area (Å²) in [5.74, 6) is 1.75. The number of anilines is 2. The van der Waals surface area contributed by atoms with Gasteiger partial charge in [0.05, 0.1) is 0 Å². The number of fused-ring (bicyclic) bond motifs is 1. The van der Waals surface area contributed by atoms with Crippen molar-refractivity contribution >= 4 is 28.4 Å². The van der Waals surface area contributed by atoms with Crippen molar-refractivity contribution in [3.05, 3.63) is 60.3 Å². The summed E-state index contributed by atoms with van der Waals surface area (Å²) in [6, 6.07) is 16.0. The van der Waals surface area contributed by atoms with Gasteiger partial charge in [-0.25, -0.2) is 4.98 Å². The van der Waals surface area contributed by atoms with E-state index in [1.54, 1.807) is 11.1 Å². The number of nitrogens with one attached hydrogen (secondary N) is 1. The van der Waals surface area contributed by atoms with Crippen LogP contribution in [0.15, 0.2) is 54.7 Å². The zero-order valence-electron chi connectivity index (χ0n) is 15.7. The van der Waals surface area contributed by atoms with Crippen LogP contribution >= 0.6 is 0 Å². The van der Waals surface area contributed by atoms with Crippen LogP contribution in [0.4, 0.5) is 11.8 Å². The number of carbonyl (C=O) groups excluding carboxylic acids is 1. The number of benzene rings is 2. The Morgan fingerprint density at radius 1 is 1.15 bits per heavy atom. The molecule has 4 rings (SSSR count). The van der Waals surface area contributed by atoms with Crippen molar-refractivity contribution < 1.29 is 4.79 Å². The fourth-order valence-electron chi connectivity index (χ4n) is 3.14. The molecule has 1 heterocycles. The zero-order valence-corrected chi connectivity index (χ0v) is 15.7. The van der Waals surface area contributed by atoms with Gasteiger partial charge in [-0.1, -0.05) is 30.3 Å². The monoisotopic (exact) mass is 360 g/mol. The summed E-state index contributed by atoms with van der Waals surface area (Å²) in [4.78, 5) is 24.0. The average molecular weight is 360 g/mol. The maximum Gasteiger partial charge on any atom is 0.259 e.